The van der Waals surface area contributed by atoms with Gasteiger partial charge < -0.3 is 5.32 Å². The summed E-state index contributed by atoms with van der Waals surface area (Å²) in [6, 6.07) is 0. The van der Waals surface area contributed by atoms with Gasteiger partial charge >= 0.3 is 0 Å². The molecule has 0 radical (unpaired) electrons. The van der Waals surface area contributed by atoms with Crippen LogP contribution in [0.4, 0.5) is 0 Å². The molecule has 72 valence electrons. The van der Waals surface area contributed by atoms with Gasteiger partial charge in [-0.25, -0.2) is 0 Å². The van der Waals surface area contributed by atoms with Crippen LogP contribution >= 0.6 is 0 Å². The maximum Gasteiger partial charge on any atom is -0.00173 e. The molecule has 12 heavy (non-hydrogen) atoms. The molecule has 1 saturated heterocycles. The molecule has 0 spiro atoms. The highest BCUT2D eigenvalue weighted by Crippen LogP contribution is 2.25. The maximum atomic E-state index is 3.47. The van der Waals surface area contributed by atoms with E-state index in [0.29, 0.717) is 0 Å². The Balaban J connectivity index is 2.20. The van der Waals surface area contributed by atoms with Crippen LogP contribution in [0.1, 0.15) is 40.0 Å². The van der Waals surface area contributed by atoms with Gasteiger partial charge in [-0.15, -0.1) is 0 Å². The molecule has 1 fully saturated rings. The molecule has 0 amide bonds. The van der Waals surface area contributed by atoms with Gasteiger partial charge in [-0.05, 0) is 37.3 Å². The lowest BCUT2D eigenvalue weighted by atomic mass is 9.87. The van der Waals surface area contributed by atoms with E-state index in [1.807, 2.05) is 0 Å². The normalized spacial score (nSPS) is 32.2. The van der Waals surface area contributed by atoms with Crippen molar-refractivity contribution in [1.29, 1.82) is 0 Å². The second kappa shape index (κ2) is 4.86. The molecule has 1 aliphatic heterocycles. The number of hydrogen-bond donors (Lipinski definition) is 1. The SMILES string of the molecule is CCCC(C)CC1CNCC1C. The number of hydrogen-bond acceptors (Lipinski definition) is 1. The molecule has 1 aliphatic rings. The zero-order chi connectivity index (χ0) is 8.97. The molecule has 1 rings (SSSR count). The van der Waals surface area contributed by atoms with E-state index in [-0.39, 0.29) is 0 Å². The Morgan fingerprint density at radius 1 is 1.42 bits per heavy atom. The topological polar surface area (TPSA) is 12.0 Å². The molecule has 0 bridgehead atoms. The van der Waals surface area contributed by atoms with Crippen LogP contribution in [0.5, 0.6) is 0 Å². The minimum Gasteiger partial charge on any atom is -0.316 e. The lowest BCUT2D eigenvalue weighted by Crippen LogP contribution is -2.13. The quantitative estimate of drug-likeness (QED) is 0.682. The molecule has 1 N–H and O–H groups in total. The highest BCUT2D eigenvalue weighted by Gasteiger charge is 2.23. The average Bonchev–Trinajstić information content (AvgIpc) is 2.37. The summed E-state index contributed by atoms with van der Waals surface area (Å²) in [6.45, 7) is 9.56. The van der Waals surface area contributed by atoms with Crippen molar-refractivity contribution in [3.05, 3.63) is 0 Å². The van der Waals surface area contributed by atoms with Crippen molar-refractivity contribution >= 4 is 0 Å². The third-order valence-electron chi connectivity index (χ3n) is 3.16. The van der Waals surface area contributed by atoms with Gasteiger partial charge in [0.15, 0.2) is 0 Å². The van der Waals surface area contributed by atoms with Gasteiger partial charge in [0, 0.05) is 0 Å². The van der Waals surface area contributed by atoms with Crippen LogP contribution in [0.15, 0.2) is 0 Å². The molecule has 1 heterocycles. The number of nitrogens with one attached hydrogen (secondary N) is 1. The summed E-state index contributed by atoms with van der Waals surface area (Å²) in [5.41, 5.74) is 0. The van der Waals surface area contributed by atoms with Crippen molar-refractivity contribution < 1.29 is 0 Å². The molecule has 0 aromatic carbocycles. The second-order valence-corrected chi connectivity index (χ2v) is 4.53. The van der Waals surface area contributed by atoms with Crippen LogP contribution in [0.2, 0.25) is 0 Å². The van der Waals surface area contributed by atoms with Crippen LogP contribution in [0, 0.1) is 17.8 Å². The van der Waals surface area contributed by atoms with Crippen molar-refractivity contribution in [2.75, 3.05) is 13.1 Å². The molecule has 0 aromatic heterocycles. The summed E-state index contributed by atoms with van der Waals surface area (Å²) < 4.78 is 0. The van der Waals surface area contributed by atoms with E-state index in [1.165, 1.54) is 32.4 Å². The van der Waals surface area contributed by atoms with Crippen molar-refractivity contribution in [1.82, 2.24) is 5.32 Å². The standard InChI is InChI=1S/C11H23N/c1-4-5-9(2)6-11-8-12-7-10(11)3/h9-12H,4-8H2,1-3H3. The summed E-state index contributed by atoms with van der Waals surface area (Å²) >= 11 is 0. The van der Waals surface area contributed by atoms with Crippen molar-refractivity contribution in [3.8, 4) is 0 Å². The van der Waals surface area contributed by atoms with Gasteiger partial charge in [-0.2, -0.15) is 0 Å². The van der Waals surface area contributed by atoms with Crippen molar-refractivity contribution in [3.63, 3.8) is 0 Å². The van der Waals surface area contributed by atoms with Crippen LogP contribution in [0.3, 0.4) is 0 Å². The van der Waals surface area contributed by atoms with E-state index in [0.717, 1.165) is 17.8 Å². The fraction of sp³-hybridized carbons (Fsp3) is 1.00. The third kappa shape index (κ3) is 2.78. The Labute approximate surface area is 76.9 Å². The monoisotopic (exact) mass is 169 g/mol. The minimum atomic E-state index is 0.907. The molecule has 1 heteroatoms. The van der Waals surface area contributed by atoms with E-state index >= 15 is 0 Å². The van der Waals surface area contributed by atoms with Crippen molar-refractivity contribution in [2.24, 2.45) is 17.8 Å². The lowest BCUT2D eigenvalue weighted by Gasteiger charge is -2.18. The smallest absolute Gasteiger partial charge is 0.00173 e. The largest absolute Gasteiger partial charge is 0.316 e. The Morgan fingerprint density at radius 2 is 2.17 bits per heavy atom. The Bertz CT molecular complexity index is 122. The molecular weight excluding hydrogens is 146 g/mol. The van der Waals surface area contributed by atoms with Crippen LogP contribution < -0.4 is 5.32 Å². The summed E-state index contributed by atoms with van der Waals surface area (Å²) in [5.74, 6) is 2.79. The zero-order valence-electron chi connectivity index (χ0n) is 8.77. The fourth-order valence-corrected chi connectivity index (χ4v) is 2.31. The molecule has 0 aliphatic carbocycles. The van der Waals surface area contributed by atoms with E-state index in [4.69, 9.17) is 0 Å². The van der Waals surface area contributed by atoms with E-state index in [2.05, 4.69) is 26.1 Å². The van der Waals surface area contributed by atoms with Gasteiger partial charge in [-0.3, -0.25) is 0 Å². The second-order valence-electron chi connectivity index (χ2n) is 4.53. The van der Waals surface area contributed by atoms with E-state index in [1.54, 1.807) is 0 Å². The van der Waals surface area contributed by atoms with Crippen LogP contribution in [-0.2, 0) is 0 Å². The first-order chi connectivity index (χ1) is 5.74. The van der Waals surface area contributed by atoms with Crippen LogP contribution in [-0.4, -0.2) is 13.1 Å². The number of rotatable bonds is 4. The van der Waals surface area contributed by atoms with E-state index in [9.17, 15) is 0 Å². The highest BCUT2D eigenvalue weighted by atomic mass is 14.9. The first kappa shape index (κ1) is 10.0. The minimum absolute atomic E-state index is 0.907. The van der Waals surface area contributed by atoms with Gasteiger partial charge in [0.05, 0.1) is 0 Å². The Morgan fingerprint density at radius 3 is 2.67 bits per heavy atom. The predicted molar refractivity (Wildman–Crippen MR) is 54.2 cm³/mol. The first-order valence-corrected chi connectivity index (χ1v) is 5.44. The van der Waals surface area contributed by atoms with Gasteiger partial charge in [0.25, 0.3) is 0 Å². The maximum absolute atomic E-state index is 3.47. The molecule has 3 unspecified atom stereocenters. The lowest BCUT2D eigenvalue weighted by molar-refractivity contribution is 0.338. The van der Waals surface area contributed by atoms with Crippen molar-refractivity contribution in [2.45, 2.75) is 40.0 Å². The Kier molecular flexibility index (Phi) is 4.07. The average molecular weight is 169 g/mol. The predicted octanol–water partition coefficient (Wildman–Crippen LogP) is 2.67. The van der Waals surface area contributed by atoms with Gasteiger partial charge in [0.2, 0.25) is 0 Å². The molecule has 3 atom stereocenters. The Hall–Kier alpha value is -0.0400. The molecular formula is C11H23N. The summed E-state index contributed by atoms with van der Waals surface area (Å²) in [5, 5.41) is 3.47. The molecule has 1 nitrogen and oxygen atoms in total. The highest BCUT2D eigenvalue weighted by molar-refractivity contribution is 4.79. The zero-order valence-corrected chi connectivity index (χ0v) is 8.77. The third-order valence-corrected chi connectivity index (χ3v) is 3.16. The molecule has 0 saturated carbocycles. The summed E-state index contributed by atoms with van der Waals surface area (Å²) in [7, 11) is 0. The van der Waals surface area contributed by atoms with Gasteiger partial charge in [0.1, 0.15) is 0 Å². The summed E-state index contributed by atoms with van der Waals surface area (Å²) in [4.78, 5) is 0. The van der Waals surface area contributed by atoms with Gasteiger partial charge in [-0.1, -0.05) is 33.6 Å². The first-order valence-electron chi connectivity index (χ1n) is 5.44. The summed E-state index contributed by atoms with van der Waals surface area (Å²) in [6.07, 6.45) is 4.18. The van der Waals surface area contributed by atoms with E-state index < -0.39 is 0 Å². The fourth-order valence-electron chi connectivity index (χ4n) is 2.31. The van der Waals surface area contributed by atoms with Crippen LogP contribution in [0.25, 0.3) is 0 Å². The molecule has 0 aromatic rings.